The Morgan fingerprint density at radius 3 is 2.48 bits per heavy atom. The molecular formula is C20H24FN3O6S. The Bertz CT molecular complexity index is 1060. The van der Waals surface area contributed by atoms with Crippen LogP contribution >= 0.6 is 10.8 Å². The lowest BCUT2D eigenvalue weighted by Gasteiger charge is -2.48. The van der Waals surface area contributed by atoms with Gasteiger partial charge in [-0.1, -0.05) is 12.1 Å². The van der Waals surface area contributed by atoms with Gasteiger partial charge < -0.3 is 15.1 Å². The number of fused-ring (bicyclic) bond motifs is 1. The molecule has 0 radical (unpaired) electrons. The number of nitrogens with zero attached hydrogens (tertiary/aromatic N) is 3. The fraction of sp³-hybridized carbons (Fsp3) is 0.400. The highest BCUT2D eigenvalue weighted by Crippen LogP contribution is 2.48. The van der Waals surface area contributed by atoms with Crippen molar-refractivity contribution >= 4 is 16.7 Å². The van der Waals surface area contributed by atoms with E-state index in [1.165, 1.54) is 33.5 Å². The molecule has 31 heavy (non-hydrogen) atoms. The van der Waals surface area contributed by atoms with E-state index in [2.05, 4.69) is 0 Å². The van der Waals surface area contributed by atoms with E-state index in [0.29, 0.717) is 18.5 Å². The van der Waals surface area contributed by atoms with E-state index >= 15 is 0 Å². The van der Waals surface area contributed by atoms with Gasteiger partial charge in [-0.15, -0.1) is 10.8 Å². The van der Waals surface area contributed by atoms with Crippen LogP contribution in [0.15, 0.2) is 35.1 Å². The highest BCUT2D eigenvalue weighted by Gasteiger charge is 2.38. The Labute approximate surface area is 179 Å². The zero-order valence-corrected chi connectivity index (χ0v) is 17.5. The molecule has 9 nitrogen and oxygen atoms in total. The molecule has 4 rings (SSSR count). The number of carbonyl (C=O) groups is 1. The molecule has 1 aromatic carbocycles. The van der Waals surface area contributed by atoms with Crippen LogP contribution in [0.1, 0.15) is 34.9 Å². The Morgan fingerprint density at radius 2 is 1.81 bits per heavy atom. The predicted molar refractivity (Wildman–Crippen MR) is 113 cm³/mol. The van der Waals surface area contributed by atoms with Crippen LogP contribution in [0.5, 0.6) is 11.5 Å². The van der Waals surface area contributed by atoms with Crippen LogP contribution in [0.2, 0.25) is 0 Å². The van der Waals surface area contributed by atoms with Crippen LogP contribution in [0, 0.1) is 5.82 Å². The van der Waals surface area contributed by atoms with Gasteiger partial charge in [0.1, 0.15) is 5.82 Å². The van der Waals surface area contributed by atoms with Gasteiger partial charge >= 0.3 is 0 Å². The molecule has 2 aliphatic rings. The number of hydrogen-bond acceptors (Lipinski definition) is 7. The Hall–Kier alpha value is -2.60. The summed E-state index contributed by atoms with van der Waals surface area (Å²) in [6.07, 6.45) is 1.45. The zero-order chi connectivity index (χ0) is 22.3. The van der Waals surface area contributed by atoms with Crippen LogP contribution in [0.25, 0.3) is 0 Å². The number of aromatic nitrogens is 1. The molecule has 0 aliphatic carbocycles. The van der Waals surface area contributed by atoms with Crippen molar-refractivity contribution in [1.29, 1.82) is 0 Å². The quantitative estimate of drug-likeness (QED) is 0.560. The maximum absolute atomic E-state index is 13.2. The second kappa shape index (κ2) is 8.15. The summed E-state index contributed by atoms with van der Waals surface area (Å²) in [5, 5.41) is 20.3. The normalized spacial score (nSPS) is 22.2. The first-order valence-corrected chi connectivity index (χ1v) is 11.6. The lowest BCUT2D eigenvalue weighted by molar-refractivity contribution is 0.0626. The van der Waals surface area contributed by atoms with Gasteiger partial charge in [-0.3, -0.25) is 23.3 Å². The number of benzene rings is 1. The maximum atomic E-state index is 13.2. The van der Waals surface area contributed by atoms with Gasteiger partial charge in [0.15, 0.2) is 17.2 Å². The predicted octanol–water partition coefficient (Wildman–Crippen LogP) is 2.36. The second-order valence-corrected chi connectivity index (χ2v) is 10.0. The van der Waals surface area contributed by atoms with Gasteiger partial charge in [-0.2, -0.15) is 0 Å². The lowest BCUT2D eigenvalue weighted by Crippen LogP contribution is -2.50. The van der Waals surface area contributed by atoms with Crippen molar-refractivity contribution in [3.8, 4) is 11.5 Å². The first-order valence-electron chi connectivity index (χ1n) is 9.89. The molecule has 168 valence electrons. The number of pyridine rings is 1. The van der Waals surface area contributed by atoms with E-state index in [1.54, 1.807) is 0 Å². The molecule has 11 heteroatoms. The van der Waals surface area contributed by atoms with Gasteiger partial charge in [-0.25, -0.2) is 8.70 Å². The van der Waals surface area contributed by atoms with Gasteiger partial charge in [0.25, 0.3) is 11.5 Å². The van der Waals surface area contributed by atoms with Crippen LogP contribution in [0.4, 0.5) is 4.39 Å². The average Bonchev–Trinajstić information content (AvgIpc) is 2.71. The minimum Gasteiger partial charge on any atom is -0.504 e. The van der Waals surface area contributed by atoms with Gasteiger partial charge in [0.2, 0.25) is 0 Å². The Morgan fingerprint density at radius 1 is 1.10 bits per heavy atom. The van der Waals surface area contributed by atoms with E-state index in [4.69, 9.17) is 0 Å². The third-order valence-electron chi connectivity index (χ3n) is 5.68. The summed E-state index contributed by atoms with van der Waals surface area (Å²) in [4.78, 5) is 27.1. The molecule has 1 aromatic heterocycles. The first kappa shape index (κ1) is 21.6. The molecule has 2 aromatic rings. The third kappa shape index (κ3) is 4.13. The maximum Gasteiger partial charge on any atom is 0.274 e. The molecular weight excluding hydrogens is 429 g/mol. The van der Waals surface area contributed by atoms with Crippen molar-refractivity contribution in [2.75, 3.05) is 25.4 Å². The summed E-state index contributed by atoms with van der Waals surface area (Å²) in [5.74, 6) is -2.24. The average molecular weight is 453 g/mol. The highest BCUT2D eigenvalue weighted by atomic mass is 32.3. The fourth-order valence-corrected chi connectivity index (χ4v) is 5.81. The SMILES string of the molecule is O=C1c2c(O)c(O)cc(=O)n2C(CN2CCCCS2(O)O)CN1Cc1ccc(F)cc1. The van der Waals surface area contributed by atoms with Crippen molar-refractivity contribution < 1.29 is 28.5 Å². The summed E-state index contributed by atoms with van der Waals surface area (Å²) in [6.45, 7) is 0.667. The largest absolute Gasteiger partial charge is 0.504 e. The zero-order valence-electron chi connectivity index (χ0n) is 16.6. The standard InChI is InChI=1S/C20H24FN3O6S/c21-14-5-3-13(4-6-14)10-22-11-15(12-23-7-1-2-8-31(23,29)30)24-17(26)9-16(25)19(27)18(24)20(22)28/h3-6,9,15,25,27,29-30H,1-2,7-8,10-12H2. The fourth-order valence-electron chi connectivity index (χ4n) is 4.13. The minimum absolute atomic E-state index is 0.0688. The number of hydrogen-bond donors (Lipinski definition) is 4. The smallest absolute Gasteiger partial charge is 0.274 e. The number of amides is 1. The summed E-state index contributed by atoms with van der Waals surface area (Å²) < 4.78 is 36.7. The van der Waals surface area contributed by atoms with E-state index < -0.39 is 45.6 Å². The summed E-state index contributed by atoms with van der Waals surface area (Å²) in [7, 11) is -2.99. The molecule has 0 saturated carbocycles. The molecule has 1 amide bonds. The number of halogens is 1. The van der Waals surface area contributed by atoms with E-state index in [9.17, 15) is 33.3 Å². The van der Waals surface area contributed by atoms with Gasteiger partial charge in [0.05, 0.1) is 11.8 Å². The van der Waals surface area contributed by atoms with E-state index in [1.807, 2.05) is 0 Å². The molecule has 1 unspecified atom stereocenters. The second-order valence-electron chi connectivity index (χ2n) is 7.83. The van der Waals surface area contributed by atoms with E-state index in [0.717, 1.165) is 17.1 Å². The van der Waals surface area contributed by atoms with Gasteiger partial charge in [-0.05, 0) is 30.5 Å². The van der Waals surface area contributed by atoms with Gasteiger partial charge in [0, 0.05) is 32.2 Å². The topological polar surface area (TPSA) is 126 Å². The Kier molecular flexibility index (Phi) is 5.69. The molecule has 1 fully saturated rings. The first-order chi connectivity index (χ1) is 14.7. The molecule has 4 N–H and O–H groups in total. The van der Waals surface area contributed by atoms with Crippen molar-refractivity contribution in [2.24, 2.45) is 0 Å². The van der Waals surface area contributed by atoms with Crippen LogP contribution in [0.3, 0.4) is 0 Å². The number of aromatic hydroxyl groups is 2. The molecule has 1 saturated heterocycles. The molecule has 3 heterocycles. The summed E-state index contributed by atoms with van der Waals surface area (Å²) in [6, 6.07) is 5.75. The summed E-state index contributed by atoms with van der Waals surface area (Å²) in [5.41, 5.74) is -0.373. The minimum atomic E-state index is -2.99. The van der Waals surface area contributed by atoms with E-state index in [-0.39, 0.29) is 31.1 Å². The molecule has 1 atom stereocenters. The highest BCUT2D eigenvalue weighted by molar-refractivity contribution is 8.22. The van der Waals surface area contributed by atoms with Crippen molar-refractivity contribution in [3.05, 3.63) is 57.8 Å². The lowest BCUT2D eigenvalue weighted by atomic mass is 10.1. The monoisotopic (exact) mass is 453 g/mol. The number of rotatable bonds is 4. The van der Waals surface area contributed by atoms with Crippen molar-refractivity contribution in [3.63, 3.8) is 0 Å². The third-order valence-corrected chi connectivity index (χ3v) is 7.68. The van der Waals surface area contributed by atoms with Crippen LogP contribution in [-0.4, -0.2) is 64.4 Å². The molecule has 2 aliphatic heterocycles. The molecule has 0 spiro atoms. The van der Waals surface area contributed by atoms with Crippen LogP contribution < -0.4 is 5.56 Å². The summed E-state index contributed by atoms with van der Waals surface area (Å²) >= 11 is 0. The van der Waals surface area contributed by atoms with Crippen molar-refractivity contribution in [2.45, 2.75) is 25.4 Å². The van der Waals surface area contributed by atoms with Crippen LogP contribution in [-0.2, 0) is 6.54 Å². The van der Waals surface area contributed by atoms with Crippen molar-refractivity contribution in [1.82, 2.24) is 13.8 Å². The number of carbonyl (C=O) groups excluding carboxylic acids is 1. The Balaban J connectivity index is 1.72. The molecule has 0 bridgehead atoms.